The Morgan fingerprint density at radius 3 is 1.82 bits per heavy atom. The van der Waals surface area contributed by atoms with Crippen LogP contribution in [0.3, 0.4) is 0 Å². The lowest BCUT2D eigenvalue weighted by molar-refractivity contribution is -0.132. The van der Waals surface area contributed by atoms with Gasteiger partial charge < -0.3 is 38.9 Å². The van der Waals surface area contributed by atoms with E-state index in [0.717, 1.165) is 94.4 Å². The number of carbonyl (C=O) groups excluding carboxylic acids is 2. The summed E-state index contributed by atoms with van der Waals surface area (Å²) in [6, 6.07) is 20.6. The minimum absolute atomic E-state index is 0.00328. The van der Waals surface area contributed by atoms with Gasteiger partial charge in [0.25, 0.3) is 11.8 Å². The van der Waals surface area contributed by atoms with Crippen molar-refractivity contribution in [2.45, 2.75) is 100 Å². The maximum absolute atomic E-state index is 16.7. The highest BCUT2D eigenvalue weighted by Crippen LogP contribution is 2.46. The number of halogens is 6. The second-order valence-corrected chi connectivity index (χ2v) is 26.0. The topological polar surface area (TPSA) is 178 Å². The first-order valence-corrected chi connectivity index (χ1v) is 32.0. The smallest absolute Gasteiger partial charge is 0.318 e. The zero-order valence-corrected chi connectivity index (χ0v) is 52.3. The number of ether oxygens (including phenoxy) is 2. The summed E-state index contributed by atoms with van der Waals surface area (Å²) in [4.78, 5) is 62.2. The zero-order chi connectivity index (χ0) is 62.7. The van der Waals surface area contributed by atoms with Gasteiger partial charge in [-0.2, -0.15) is 30.5 Å². The van der Waals surface area contributed by atoms with Crippen molar-refractivity contribution in [2.75, 3.05) is 112 Å². The van der Waals surface area contributed by atoms with Gasteiger partial charge in [-0.3, -0.25) is 19.4 Å². The van der Waals surface area contributed by atoms with E-state index in [1.54, 1.807) is 12.1 Å². The molecular weight excluding hydrogens is 1220 g/mol. The van der Waals surface area contributed by atoms with E-state index in [1.807, 2.05) is 54.4 Å². The first kappa shape index (κ1) is 61.2. The summed E-state index contributed by atoms with van der Waals surface area (Å²) >= 11 is 20.6. The highest BCUT2D eigenvalue weighted by atomic mass is 35.5. The molecule has 4 aromatic carbocycles. The van der Waals surface area contributed by atoms with Gasteiger partial charge in [-0.25, -0.2) is 13.2 Å². The molecule has 6 aromatic rings. The number of fused-ring (bicyclic) bond motifs is 5. The number of amides is 2. The van der Waals surface area contributed by atoms with E-state index >= 15 is 4.39 Å². The van der Waals surface area contributed by atoms with Crippen LogP contribution >= 0.6 is 34.8 Å². The van der Waals surface area contributed by atoms with E-state index in [2.05, 4.69) is 49.8 Å². The van der Waals surface area contributed by atoms with Crippen LogP contribution < -0.4 is 29.1 Å². The monoisotopic (exact) mass is 1280 g/mol. The van der Waals surface area contributed by atoms with Crippen LogP contribution in [0.25, 0.3) is 21.5 Å². The predicted octanol–water partition coefficient (Wildman–Crippen LogP) is 10.5. The Labute approximate surface area is 535 Å². The number of anilines is 4. The van der Waals surface area contributed by atoms with Crippen LogP contribution in [0.2, 0.25) is 15.1 Å². The van der Waals surface area contributed by atoms with E-state index in [1.165, 1.54) is 9.80 Å². The van der Waals surface area contributed by atoms with Gasteiger partial charge in [0.15, 0.2) is 11.7 Å². The summed E-state index contributed by atoms with van der Waals surface area (Å²) < 4.78 is 58.6. The number of carbonyl (C=O) groups is 2. The van der Waals surface area contributed by atoms with Crippen molar-refractivity contribution in [2.24, 2.45) is 0 Å². The standard InChI is InChI=1S/C66H68Cl3F3N14O4/c1-39(70)62(87)85-28-26-82(33-43(85)14-20-73)60-47-16-24-80(54-10-4-8-41-12-13-50(67)58(68)56(41)54)35-52(47)75-64(77-60)89-37-45-30-42(32-79(45)3)49-31-51(72)59(69)57-46(49)9-5-11-55(57)81-25-17-48-53(36-81)76-65(90-38-66-18-6-22-84(66)23-7-19-66)78-61(48)83-27-29-86(63(88)40(2)71)44(34-83)15-21-74/h4-5,8-13,31,42-45H,1-2,6-7,14-19,22-30,32-38H2,3H3/t42?,43-,44-,45-/m0/s1. The number of piperazine rings is 2. The lowest BCUT2D eigenvalue weighted by Crippen LogP contribution is -2.55. The molecule has 5 fully saturated rings. The lowest BCUT2D eigenvalue weighted by atomic mass is 9.90. The van der Waals surface area contributed by atoms with Crippen molar-refractivity contribution in [3.63, 3.8) is 0 Å². The fourth-order valence-corrected chi connectivity index (χ4v) is 15.9. The molecule has 90 heavy (non-hydrogen) atoms. The van der Waals surface area contributed by atoms with E-state index in [9.17, 15) is 28.9 Å². The average molecular weight is 1280 g/mol. The quantitative estimate of drug-likeness (QED) is 0.0886. The highest BCUT2D eigenvalue weighted by Gasteiger charge is 2.46. The molecule has 0 aliphatic carbocycles. The van der Waals surface area contributed by atoms with Gasteiger partial charge in [0, 0.05) is 98.2 Å². The number of nitrogens with zero attached hydrogens (tertiary/aromatic N) is 14. The lowest BCUT2D eigenvalue weighted by Gasteiger charge is -2.42. The van der Waals surface area contributed by atoms with E-state index < -0.39 is 41.4 Å². The van der Waals surface area contributed by atoms with Gasteiger partial charge in [0.1, 0.15) is 30.7 Å². The van der Waals surface area contributed by atoms with E-state index in [-0.39, 0.29) is 80.2 Å². The molecule has 9 heterocycles. The minimum atomic E-state index is -1.08. The summed E-state index contributed by atoms with van der Waals surface area (Å²) in [7, 11) is 2.02. The van der Waals surface area contributed by atoms with Crippen molar-refractivity contribution in [3.05, 3.63) is 128 Å². The van der Waals surface area contributed by atoms with Crippen molar-refractivity contribution in [3.8, 4) is 24.2 Å². The van der Waals surface area contributed by atoms with Gasteiger partial charge in [-0.05, 0) is 112 Å². The third kappa shape index (κ3) is 11.4. The Morgan fingerprint density at radius 1 is 0.678 bits per heavy atom. The molecule has 0 saturated carbocycles. The van der Waals surface area contributed by atoms with Crippen molar-refractivity contribution in [1.29, 1.82) is 10.5 Å². The molecule has 0 radical (unpaired) electrons. The number of hydrogen-bond donors (Lipinski definition) is 0. The van der Waals surface area contributed by atoms with Crippen LogP contribution in [0.15, 0.2) is 79.4 Å². The molecular formula is C66H68Cl3F3N14O4. The number of nitriles is 2. The number of likely N-dealkylation sites (N-methyl/N-ethyl adjacent to an activating group) is 1. The molecule has 13 rings (SSSR count). The molecule has 5 saturated heterocycles. The summed E-state index contributed by atoms with van der Waals surface area (Å²) in [5.74, 6) is -3.19. The van der Waals surface area contributed by atoms with Crippen LogP contribution in [0, 0.1) is 28.5 Å². The third-order valence-electron chi connectivity index (χ3n) is 19.7. The van der Waals surface area contributed by atoms with Crippen LogP contribution in [0.4, 0.5) is 36.2 Å². The van der Waals surface area contributed by atoms with Crippen molar-refractivity contribution >= 4 is 91.2 Å². The van der Waals surface area contributed by atoms with Gasteiger partial charge in [0.2, 0.25) is 0 Å². The van der Waals surface area contributed by atoms with Gasteiger partial charge in [-0.1, -0.05) is 78.3 Å². The average Bonchev–Trinajstić information content (AvgIpc) is 1.05. The second-order valence-electron chi connectivity index (χ2n) is 24.8. The molecule has 0 spiro atoms. The SMILES string of the molecule is C=C(F)C(=O)N1CCN(c2nc(OC[C@@H]3CC(c4cc(F)c(Cl)c5c(N6CCc7c(nc(OCC89CCCN8CCC9)nc7N7CCN(C(=O)C(=C)F)[C@@H](CC#N)C7)C6)cccc45)CN3C)nc3c2CCN(c2cccc4ccc(Cl)c(Cl)c24)C3)C[C@@H]1CC#N. The van der Waals surface area contributed by atoms with Crippen LogP contribution in [-0.2, 0) is 35.5 Å². The number of hydrogen-bond acceptors (Lipinski definition) is 16. The largest absolute Gasteiger partial charge is 0.462 e. The van der Waals surface area contributed by atoms with Crippen molar-refractivity contribution in [1.82, 2.24) is 39.5 Å². The maximum Gasteiger partial charge on any atom is 0.318 e. The van der Waals surface area contributed by atoms with E-state index in [4.69, 9.17) is 64.2 Å². The zero-order valence-electron chi connectivity index (χ0n) is 50.1. The first-order chi connectivity index (χ1) is 43.5. The molecule has 18 nitrogen and oxygen atoms in total. The second kappa shape index (κ2) is 25.2. The molecule has 2 amide bonds. The number of likely N-dealkylation sites (tertiary alicyclic amines) is 1. The normalized spacial score (nSPS) is 21.7. The Hall–Kier alpha value is -7.66. The summed E-state index contributed by atoms with van der Waals surface area (Å²) in [5.41, 5.74) is 5.67. The van der Waals surface area contributed by atoms with Crippen molar-refractivity contribution < 1.29 is 32.2 Å². The fraction of sp³-hybridized carbons (Fsp3) is 0.455. The molecule has 468 valence electrons. The third-order valence-corrected chi connectivity index (χ3v) is 20.9. The molecule has 0 bridgehead atoms. The van der Waals surface area contributed by atoms with Gasteiger partial charge >= 0.3 is 12.0 Å². The highest BCUT2D eigenvalue weighted by molar-refractivity contribution is 6.46. The van der Waals surface area contributed by atoms with Gasteiger partial charge in [-0.15, -0.1) is 0 Å². The van der Waals surface area contributed by atoms with Crippen LogP contribution in [-0.4, -0.2) is 167 Å². The summed E-state index contributed by atoms with van der Waals surface area (Å²) in [5, 5.41) is 23.8. The molecule has 0 N–H and O–H groups in total. The first-order valence-electron chi connectivity index (χ1n) is 30.8. The Kier molecular flexibility index (Phi) is 17.1. The Morgan fingerprint density at radius 2 is 1.24 bits per heavy atom. The molecule has 2 aromatic heterocycles. The van der Waals surface area contributed by atoms with Gasteiger partial charge in [0.05, 0.1) is 82.1 Å². The van der Waals surface area contributed by atoms with Crippen LogP contribution in [0.1, 0.15) is 78.9 Å². The number of rotatable bonds is 15. The summed E-state index contributed by atoms with van der Waals surface area (Å²) in [6.45, 7) is 13.0. The fourth-order valence-electron chi connectivity index (χ4n) is 15.2. The Bertz CT molecular complexity index is 3970. The molecule has 4 atom stereocenters. The molecule has 24 heteroatoms. The number of aromatic nitrogens is 4. The minimum Gasteiger partial charge on any atom is -0.462 e. The predicted molar refractivity (Wildman–Crippen MR) is 340 cm³/mol. The van der Waals surface area contributed by atoms with E-state index in [0.29, 0.717) is 98.7 Å². The Balaban J connectivity index is 0.775. The summed E-state index contributed by atoms with van der Waals surface area (Å²) in [6.07, 6.45) is 5.90. The molecule has 7 aliphatic rings. The van der Waals surface area contributed by atoms with Crippen LogP contribution in [0.5, 0.6) is 12.0 Å². The number of benzene rings is 4. The maximum atomic E-state index is 16.7. The molecule has 1 unspecified atom stereocenters. The molecule has 7 aliphatic heterocycles.